The molecule has 0 radical (unpaired) electrons. The van der Waals surface area contributed by atoms with Crippen LogP contribution in [0.25, 0.3) is 0 Å². The molecule has 0 aliphatic carbocycles. The van der Waals surface area contributed by atoms with Gasteiger partial charge in [-0.1, -0.05) is 19.1 Å². The van der Waals surface area contributed by atoms with Crippen LogP contribution < -0.4 is 5.32 Å². The molecule has 0 spiro atoms. The molecule has 19 heavy (non-hydrogen) atoms. The fourth-order valence-electron chi connectivity index (χ4n) is 1.70. The van der Waals surface area contributed by atoms with E-state index in [0.29, 0.717) is 17.1 Å². The van der Waals surface area contributed by atoms with Gasteiger partial charge in [-0.25, -0.2) is 13.4 Å². The minimum absolute atomic E-state index is 0.322. The minimum atomic E-state index is -3.22. The maximum atomic E-state index is 11.7. The van der Waals surface area contributed by atoms with E-state index in [4.69, 9.17) is 0 Å². The third-order valence-corrected chi connectivity index (χ3v) is 4.96. The van der Waals surface area contributed by atoms with Crippen LogP contribution >= 0.6 is 11.3 Å². The maximum absolute atomic E-state index is 11.7. The second-order valence-electron chi connectivity index (χ2n) is 4.20. The molecule has 4 nitrogen and oxygen atoms in total. The Morgan fingerprint density at radius 1 is 1.32 bits per heavy atom. The molecule has 1 heterocycles. The molecule has 1 N–H and O–H groups in total. The molecule has 0 aliphatic heterocycles. The Kier molecular flexibility index (Phi) is 4.21. The van der Waals surface area contributed by atoms with Crippen LogP contribution in [0.4, 0.5) is 5.69 Å². The molecular formula is C13H16N2O2S2. The number of hydrogen-bond donors (Lipinski definition) is 1. The van der Waals surface area contributed by atoms with E-state index in [1.54, 1.807) is 29.5 Å². The van der Waals surface area contributed by atoms with Gasteiger partial charge in [-0.3, -0.25) is 0 Å². The summed E-state index contributed by atoms with van der Waals surface area (Å²) in [6.45, 7) is 2.63. The second kappa shape index (κ2) is 5.71. The number of anilines is 1. The van der Waals surface area contributed by atoms with E-state index in [2.05, 4.69) is 17.2 Å². The number of sulfone groups is 1. The first-order valence-corrected chi connectivity index (χ1v) is 8.68. The van der Waals surface area contributed by atoms with Crippen molar-refractivity contribution in [3.8, 4) is 0 Å². The molecule has 0 aliphatic rings. The molecule has 1 aromatic heterocycles. The lowest BCUT2D eigenvalue weighted by atomic mass is 10.3. The van der Waals surface area contributed by atoms with E-state index in [-0.39, 0.29) is 0 Å². The summed E-state index contributed by atoms with van der Waals surface area (Å²) in [6.07, 6.45) is 4.05. The zero-order valence-electron chi connectivity index (χ0n) is 10.9. The normalized spacial score (nSPS) is 11.5. The fourth-order valence-corrected chi connectivity index (χ4v) is 3.37. The molecule has 0 atom stereocenters. The lowest BCUT2D eigenvalue weighted by Crippen LogP contribution is -2.05. The number of para-hydroxylation sites is 1. The number of thiazole rings is 1. The third kappa shape index (κ3) is 3.54. The second-order valence-corrected chi connectivity index (χ2v) is 7.38. The summed E-state index contributed by atoms with van der Waals surface area (Å²) in [5, 5.41) is 4.10. The van der Waals surface area contributed by atoms with Crippen molar-refractivity contribution in [1.82, 2.24) is 4.98 Å². The Balaban J connectivity index is 2.16. The van der Waals surface area contributed by atoms with Crippen molar-refractivity contribution >= 4 is 26.9 Å². The summed E-state index contributed by atoms with van der Waals surface area (Å²) in [4.78, 5) is 5.85. The number of hydrogen-bond acceptors (Lipinski definition) is 5. The Labute approximate surface area is 117 Å². The van der Waals surface area contributed by atoms with Crippen LogP contribution in [0.5, 0.6) is 0 Å². The van der Waals surface area contributed by atoms with E-state index in [0.717, 1.165) is 11.4 Å². The van der Waals surface area contributed by atoms with Gasteiger partial charge in [-0.05, 0) is 18.6 Å². The molecule has 2 aromatic rings. The van der Waals surface area contributed by atoms with Crippen LogP contribution in [0.3, 0.4) is 0 Å². The number of rotatable bonds is 5. The van der Waals surface area contributed by atoms with Gasteiger partial charge in [0.05, 0.1) is 17.1 Å². The molecule has 0 saturated carbocycles. The molecule has 102 valence electrons. The Morgan fingerprint density at radius 2 is 2.05 bits per heavy atom. The Bertz CT molecular complexity index is 663. The zero-order valence-corrected chi connectivity index (χ0v) is 12.5. The van der Waals surface area contributed by atoms with Gasteiger partial charge in [0.15, 0.2) is 9.84 Å². The van der Waals surface area contributed by atoms with E-state index >= 15 is 0 Å². The Morgan fingerprint density at radius 3 is 2.68 bits per heavy atom. The number of nitrogens with one attached hydrogen (secondary N) is 1. The highest BCUT2D eigenvalue weighted by atomic mass is 32.2. The standard InChI is InChI=1S/C13H16N2O2S2/c1-3-10-8-15-13(18-10)9-14-11-6-4-5-7-12(11)19(2,16)17/h4-8,14H,3,9H2,1-2H3. The summed E-state index contributed by atoms with van der Waals surface area (Å²) >= 11 is 1.64. The molecular weight excluding hydrogens is 280 g/mol. The quantitative estimate of drug-likeness (QED) is 0.921. The average Bonchev–Trinajstić information content (AvgIpc) is 2.83. The third-order valence-electron chi connectivity index (χ3n) is 2.67. The van der Waals surface area contributed by atoms with E-state index < -0.39 is 9.84 Å². The van der Waals surface area contributed by atoms with Crippen molar-refractivity contribution in [1.29, 1.82) is 0 Å². The van der Waals surface area contributed by atoms with Crippen molar-refractivity contribution in [3.63, 3.8) is 0 Å². The highest BCUT2D eigenvalue weighted by Gasteiger charge is 2.12. The predicted molar refractivity (Wildman–Crippen MR) is 78.4 cm³/mol. The minimum Gasteiger partial charge on any atom is -0.377 e. The number of nitrogens with zero attached hydrogens (tertiary/aromatic N) is 1. The summed E-state index contributed by atoms with van der Waals surface area (Å²) in [5.41, 5.74) is 0.623. The molecule has 6 heteroatoms. The van der Waals surface area contributed by atoms with E-state index in [1.807, 2.05) is 12.3 Å². The fraction of sp³-hybridized carbons (Fsp3) is 0.308. The smallest absolute Gasteiger partial charge is 0.177 e. The lowest BCUT2D eigenvalue weighted by Gasteiger charge is -2.09. The first kappa shape index (κ1) is 14.0. The summed E-state index contributed by atoms with van der Waals surface area (Å²) in [5.74, 6) is 0. The van der Waals surface area contributed by atoms with E-state index in [9.17, 15) is 8.42 Å². The average molecular weight is 296 g/mol. The molecule has 0 bridgehead atoms. The topological polar surface area (TPSA) is 59.1 Å². The molecule has 0 amide bonds. The summed E-state index contributed by atoms with van der Waals surface area (Å²) in [7, 11) is -3.22. The zero-order chi connectivity index (χ0) is 13.9. The molecule has 0 saturated heterocycles. The number of benzene rings is 1. The van der Waals surface area contributed by atoms with Crippen LogP contribution in [0.1, 0.15) is 16.8 Å². The van der Waals surface area contributed by atoms with Gasteiger partial charge in [0.25, 0.3) is 0 Å². The predicted octanol–water partition coefficient (Wildman–Crippen LogP) is 2.72. The van der Waals surface area contributed by atoms with Crippen molar-refractivity contribution in [2.45, 2.75) is 24.8 Å². The first-order chi connectivity index (χ1) is 9.00. The van der Waals surface area contributed by atoms with E-state index in [1.165, 1.54) is 11.1 Å². The largest absolute Gasteiger partial charge is 0.377 e. The first-order valence-electron chi connectivity index (χ1n) is 5.97. The maximum Gasteiger partial charge on any atom is 0.177 e. The highest BCUT2D eigenvalue weighted by Crippen LogP contribution is 2.22. The summed E-state index contributed by atoms with van der Waals surface area (Å²) in [6, 6.07) is 6.91. The van der Waals surface area contributed by atoms with Crippen molar-refractivity contribution in [3.05, 3.63) is 40.3 Å². The van der Waals surface area contributed by atoms with Gasteiger partial charge < -0.3 is 5.32 Å². The monoisotopic (exact) mass is 296 g/mol. The molecule has 1 aromatic carbocycles. The Hall–Kier alpha value is -1.40. The van der Waals surface area contributed by atoms with Crippen LogP contribution in [-0.2, 0) is 22.8 Å². The van der Waals surface area contributed by atoms with Gasteiger partial charge in [0.2, 0.25) is 0 Å². The number of aromatic nitrogens is 1. The van der Waals surface area contributed by atoms with Gasteiger partial charge >= 0.3 is 0 Å². The van der Waals surface area contributed by atoms with Crippen molar-refractivity contribution < 1.29 is 8.42 Å². The lowest BCUT2D eigenvalue weighted by molar-refractivity contribution is 0.602. The SMILES string of the molecule is CCc1cnc(CNc2ccccc2S(C)(=O)=O)s1. The van der Waals surface area contributed by atoms with Crippen LogP contribution in [0.15, 0.2) is 35.4 Å². The van der Waals surface area contributed by atoms with Gasteiger partial charge in [0, 0.05) is 17.3 Å². The van der Waals surface area contributed by atoms with Gasteiger partial charge in [-0.2, -0.15) is 0 Å². The van der Waals surface area contributed by atoms with Gasteiger partial charge in [0.1, 0.15) is 5.01 Å². The van der Waals surface area contributed by atoms with Crippen molar-refractivity contribution in [2.75, 3.05) is 11.6 Å². The number of aryl methyl sites for hydroxylation is 1. The van der Waals surface area contributed by atoms with Crippen LogP contribution in [0.2, 0.25) is 0 Å². The summed E-state index contributed by atoms with van der Waals surface area (Å²) < 4.78 is 23.3. The molecule has 0 unspecified atom stereocenters. The molecule has 2 rings (SSSR count). The van der Waals surface area contributed by atoms with Crippen LogP contribution in [-0.4, -0.2) is 19.7 Å². The van der Waals surface area contributed by atoms with Crippen LogP contribution in [0, 0.1) is 0 Å². The van der Waals surface area contributed by atoms with Crippen molar-refractivity contribution in [2.24, 2.45) is 0 Å². The van der Waals surface area contributed by atoms with Gasteiger partial charge in [-0.15, -0.1) is 11.3 Å². The highest BCUT2D eigenvalue weighted by molar-refractivity contribution is 7.90. The molecule has 0 fully saturated rings.